The van der Waals surface area contributed by atoms with Crippen LogP contribution in [0, 0.1) is 5.41 Å². The van der Waals surface area contributed by atoms with Crippen molar-refractivity contribution < 1.29 is 0 Å². The van der Waals surface area contributed by atoms with E-state index in [0.717, 1.165) is 20.3 Å². The molecule has 0 aliphatic carbocycles. The van der Waals surface area contributed by atoms with Crippen LogP contribution in [0.5, 0.6) is 0 Å². The maximum absolute atomic E-state index is 7.85. The maximum atomic E-state index is 7.85. The third-order valence-electron chi connectivity index (χ3n) is 2.19. The van der Waals surface area contributed by atoms with Crippen LogP contribution >= 0.6 is 31.9 Å². The molecule has 0 saturated heterocycles. The van der Waals surface area contributed by atoms with Gasteiger partial charge in [0.05, 0.1) is 0 Å². The van der Waals surface area contributed by atoms with E-state index in [0.29, 0.717) is 0 Å². The minimum Gasteiger partial charge on any atom is -0.326 e. The van der Waals surface area contributed by atoms with Gasteiger partial charge in [-0.05, 0) is 36.4 Å². The van der Waals surface area contributed by atoms with Crippen LogP contribution in [0.25, 0.3) is 0 Å². The van der Waals surface area contributed by atoms with Gasteiger partial charge in [-0.15, -0.1) is 0 Å². The highest BCUT2D eigenvalue weighted by Crippen LogP contribution is 2.17. The highest BCUT2D eigenvalue weighted by atomic mass is 79.9. The van der Waals surface area contributed by atoms with Gasteiger partial charge in [0.15, 0.2) is 5.96 Å². The van der Waals surface area contributed by atoms with Crippen molar-refractivity contribution in [3.63, 3.8) is 0 Å². The van der Waals surface area contributed by atoms with Gasteiger partial charge in [-0.25, -0.2) is 0 Å². The van der Waals surface area contributed by atoms with Crippen LogP contribution < -0.4 is 10.6 Å². The molecule has 0 aliphatic rings. The first-order valence-electron chi connectivity index (χ1n) is 5.27. The van der Waals surface area contributed by atoms with Crippen LogP contribution in [0.3, 0.4) is 0 Å². The van der Waals surface area contributed by atoms with Crippen LogP contribution in [0.15, 0.2) is 57.5 Å². The number of benzene rings is 2. The average Bonchev–Trinajstić information content (AvgIpc) is 2.28. The molecule has 0 atom stereocenters. The number of hydrogen-bond acceptors (Lipinski definition) is 1. The van der Waals surface area contributed by atoms with Crippen molar-refractivity contribution in [2.45, 2.75) is 0 Å². The molecule has 18 heavy (non-hydrogen) atoms. The van der Waals surface area contributed by atoms with Gasteiger partial charge in [0, 0.05) is 20.3 Å². The number of nitrogens with one attached hydrogen (secondary N) is 3. The zero-order chi connectivity index (χ0) is 13.0. The second-order valence-corrected chi connectivity index (χ2v) is 5.48. The molecule has 3 nitrogen and oxygen atoms in total. The van der Waals surface area contributed by atoms with Crippen LogP contribution in [-0.4, -0.2) is 5.96 Å². The first-order chi connectivity index (χ1) is 8.63. The fraction of sp³-hybridized carbons (Fsp3) is 0. The smallest absolute Gasteiger partial charge is 0.197 e. The predicted molar refractivity (Wildman–Crippen MR) is 83.3 cm³/mol. The Morgan fingerprint density at radius 2 is 1.28 bits per heavy atom. The van der Waals surface area contributed by atoms with Crippen molar-refractivity contribution in [3.8, 4) is 0 Å². The fourth-order valence-electron chi connectivity index (χ4n) is 1.45. The summed E-state index contributed by atoms with van der Waals surface area (Å²) in [7, 11) is 0. The van der Waals surface area contributed by atoms with Crippen LogP contribution in [-0.2, 0) is 0 Å². The van der Waals surface area contributed by atoms with Gasteiger partial charge >= 0.3 is 0 Å². The molecular formula is C13H11Br2N3. The predicted octanol–water partition coefficient (Wildman–Crippen LogP) is 4.67. The molecule has 2 rings (SSSR count). The summed E-state index contributed by atoms with van der Waals surface area (Å²) < 4.78 is 1.95. The zero-order valence-corrected chi connectivity index (χ0v) is 12.5. The van der Waals surface area contributed by atoms with Crippen molar-refractivity contribution in [3.05, 3.63) is 57.5 Å². The Hall–Kier alpha value is -1.33. The summed E-state index contributed by atoms with van der Waals surface area (Å²) in [6, 6.07) is 15.3. The van der Waals surface area contributed by atoms with Gasteiger partial charge in [-0.1, -0.05) is 44.0 Å². The second kappa shape index (κ2) is 6.02. The molecule has 0 amide bonds. The van der Waals surface area contributed by atoms with Gasteiger partial charge in [0.1, 0.15) is 0 Å². The third kappa shape index (κ3) is 3.85. The van der Waals surface area contributed by atoms with E-state index in [1.165, 1.54) is 0 Å². The molecule has 0 unspecified atom stereocenters. The monoisotopic (exact) mass is 367 g/mol. The molecule has 0 fully saturated rings. The standard InChI is InChI=1S/C13H11Br2N3/c14-9-3-1-5-11(7-9)17-13(16)18-12-6-2-4-10(15)8-12/h1-8H,(H3,16,17,18). The lowest BCUT2D eigenvalue weighted by atomic mass is 10.3. The van der Waals surface area contributed by atoms with E-state index in [1.54, 1.807) is 0 Å². The van der Waals surface area contributed by atoms with E-state index < -0.39 is 0 Å². The zero-order valence-electron chi connectivity index (χ0n) is 9.37. The summed E-state index contributed by atoms with van der Waals surface area (Å²) in [6.07, 6.45) is 0. The van der Waals surface area contributed by atoms with Crippen molar-refractivity contribution >= 4 is 49.2 Å². The van der Waals surface area contributed by atoms with E-state index >= 15 is 0 Å². The van der Waals surface area contributed by atoms with Gasteiger partial charge in [-0.2, -0.15) is 0 Å². The quantitative estimate of drug-likeness (QED) is 0.532. The average molecular weight is 369 g/mol. The normalized spacial score (nSPS) is 9.89. The topological polar surface area (TPSA) is 47.9 Å². The Labute approximate surface area is 122 Å². The van der Waals surface area contributed by atoms with Gasteiger partial charge in [-0.3, -0.25) is 5.41 Å². The second-order valence-electron chi connectivity index (χ2n) is 3.65. The van der Waals surface area contributed by atoms with Crippen molar-refractivity contribution in [1.29, 1.82) is 5.41 Å². The molecule has 2 aromatic carbocycles. The molecule has 0 bridgehead atoms. The Balaban J connectivity index is 2.01. The van der Waals surface area contributed by atoms with Gasteiger partial charge in [0.25, 0.3) is 0 Å². The van der Waals surface area contributed by atoms with E-state index in [4.69, 9.17) is 5.41 Å². The lowest BCUT2D eigenvalue weighted by Crippen LogP contribution is -2.20. The number of hydrogen-bond donors (Lipinski definition) is 3. The SMILES string of the molecule is N=C(Nc1cccc(Br)c1)Nc1cccc(Br)c1. The van der Waals surface area contributed by atoms with E-state index in [1.807, 2.05) is 48.5 Å². The molecule has 0 aromatic heterocycles. The summed E-state index contributed by atoms with van der Waals surface area (Å²) in [5, 5.41) is 13.8. The molecule has 0 heterocycles. The lowest BCUT2D eigenvalue weighted by Gasteiger charge is -2.10. The Morgan fingerprint density at radius 3 is 1.67 bits per heavy atom. The molecule has 0 aliphatic heterocycles. The van der Waals surface area contributed by atoms with Gasteiger partial charge < -0.3 is 10.6 Å². The van der Waals surface area contributed by atoms with Crippen molar-refractivity contribution in [1.82, 2.24) is 0 Å². The lowest BCUT2D eigenvalue weighted by molar-refractivity contribution is 1.42. The number of anilines is 2. The summed E-state index contributed by atoms with van der Waals surface area (Å²) in [5.41, 5.74) is 1.72. The van der Waals surface area contributed by atoms with Crippen molar-refractivity contribution in [2.75, 3.05) is 10.6 Å². The highest BCUT2D eigenvalue weighted by molar-refractivity contribution is 9.10. The summed E-state index contributed by atoms with van der Waals surface area (Å²) >= 11 is 6.78. The number of guanidine groups is 1. The van der Waals surface area contributed by atoms with E-state index in [9.17, 15) is 0 Å². The molecule has 0 saturated carbocycles. The van der Waals surface area contributed by atoms with E-state index in [2.05, 4.69) is 42.5 Å². The molecule has 2 aromatic rings. The third-order valence-corrected chi connectivity index (χ3v) is 3.17. The van der Waals surface area contributed by atoms with Crippen LogP contribution in [0.1, 0.15) is 0 Å². The first kappa shape index (κ1) is 13.1. The van der Waals surface area contributed by atoms with E-state index in [-0.39, 0.29) is 5.96 Å². The summed E-state index contributed by atoms with van der Waals surface area (Å²) in [4.78, 5) is 0. The highest BCUT2D eigenvalue weighted by Gasteiger charge is 1.99. The molecule has 0 radical (unpaired) electrons. The largest absolute Gasteiger partial charge is 0.326 e. The summed E-state index contributed by atoms with van der Waals surface area (Å²) in [5.74, 6) is 0.228. The number of halogens is 2. The van der Waals surface area contributed by atoms with Gasteiger partial charge in [0.2, 0.25) is 0 Å². The minimum atomic E-state index is 0.228. The van der Waals surface area contributed by atoms with Crippen LogP contribution in [0.2, 0.25) is 0 Å². The van der Waals surface area contributed by atoms with Crippen LogP contribution in [0.4, 0.5) is 11.4 Å². The molecule has 5 heteroatoms. The van der Waals surface area contributed by atoms with Crippen molar-refractivity contribution in [2.24, 2.45) is 0 Å². The summed E-state index contributed by atoms with van der Waals surface area (Å²) in [6.45, 7) is 0. The first-order valence-corrected chi connectivity index (χ1v) is 6.86. The molecule has 92 valence electrons. The Bertz CT molecular complexity index is 520. The Kier molecular flexibility index (Phi) is 4.38. The molecule has 0 spiro atoms. The minimum absolute atomic E-state index is 0.228. The Morgan fingerprint density at radius 1 is 0.833 bits per heavy atom. The number of rotatable bonds is 2. The molecular weight excluding hydrogens is 358 g/mol. The molecule has 3 N–H and O–H groups in total. The fourth-order valence-corrected chi connectivity index (χ4v) is 2.25. The maximum Gasteiger partial charge on any atom is 0.197 e.